The highest BCUT2D eigenvalue weighted by Crippen LogP contribution is 2.42. The molecule has 0 aromatic heterocycles. The predicted octanol–water partition coefficient (Wildman–Crippen LogP) is 3.59. The summed E-state index contributed by atoms with van der Waals surface area (Å²) in [7, 11) is 1.66. The molecule has 0 saturated carbocycles. The Morgan fingerprint density at radius 2 is 1.60 bits per heavy atom. The van der Waals surface area contributed by atoms with E-state index < -0.39 is 0 Å². The van der Waals surface area contributed by atoms with Gasteiger partial charge >= 0.3 is 0 Å². The van der Waals surface area contributed by atoms with Crippen LogP contribution in [0.15, 0.2) is 6.07 Å². The maximum absolute atomic E-state index is 5.72. The monoisotopic (exact) mass is 282 g/mol. The molecule has 0 bridgehead atoms. The normalized spacial score (nSPS) is 10.4. The van der Waals surface area contributed by atoms with Crippen LogP contribution in [0.5, 0.6) is 17.2 Å². The molecule has 0 atom stereocenters. The minimum absolute atomic E-state index is 0.558. The zero-order chi connectivity index (χ0) is 15.0. The van der Waals surface area contributed by atoms with Crippen LogP contribution < -0.4 is 14.2 Å². The minimum atomic E-state index is 0.558. The Morgan fingerprint density at radius 3 is 2.10 bits per heavy atom. The summed E-state index contributed by atoms with van der Waals surface area (Å²) in [6.07, 6.45) is 0.859. The third-order valence-corrected chi connectivity index (χ3v) is 3.00. The van der Waals surface area contributed by atoms with E-state index in [2.05, 4.69) is 6.92 Å². The van der Waals surface area contributed by atoms with Gasteiger partial charge < -0.3 is 18.9 Å². The first-order chi connectivity index (χ1) is 9.73. The van der Waals surface area contributed by atoms with Crippen molar-refractivity contribution in [1.29, 1.82) is 0 Å². The van der Waals surface area contributed by atoms with Crippen molar-refractivity contribution in [3.63, 3.8) is 0 Å². The summed E-state index contributed by atoms with van der Waals surface area (Å²) in [6.45, 7) is 10.4. The molecule has 0 unspecified atom stereocenters. The molecule has 0 aliphatic heterocycles. The Bertz CT molecular complexity index is 415. The number of benzene rings is 1. The van der Waals surface area contributed by atoms with Crippen LogP contribution in [0.2, 0.25) is 0 Å². The highest BCUT2D eigenvalue weighted by molar-refractivity contribution is 5.59. The second-order valence-corrected chi connectivity index (χ2v) is 4.23. The Kier molecular flexibility index (Phi) is 7.23. The first-order valence-electron chi connectivity index (χ1n) is 7.29. The Balaban J connectivity index is 3.34. The molecule has 114 valence electrons. The first-order valence-corrected chi connectivity index (χ1v) is 7.29. The van der Waals surface area contributed by atoms with E-state index >= 15 is 0 Å². The van der Waals surface area contributed by atoms with E-state index in [1.807, 2.05) is 26.8 Å². The predicted molar refractivity (Wildman–Crippen MR) is 80.0 cm³/mol. The lowest BCUT2D eigenvalue weighted by atomic mass is 10.0. The third-order valence-electron chi connectivity index (χ3n) is 3.00. The lowest BCUT2D eigenvalue weighted by Gasteiger charge is -2.20. The van der Waals surface area contributed by atoms with Crippen LogP contribution in [0.25, 0.3) is 0 Å². The van der Waals surface area contributed by atoms with E-state index in [0.717, 1.165) is 29.0 Å². The van der Waals surface area contributed by atoms with Gasteiger partial charge in [-0.15, -0.1) is 0 Å². The van der Waals surface area contributed by atoms with E-state index in [1.165, 1.54) is 0 Å². The summed E-state index contributed by atoms with van der Waals surface area (Å²) in [4.78, 5) is 0. The molecule has 1 aromatic rings. The highest BCUT2D eigenvalue weighted by atomic mass is 16.5. The van der Waals surface area contributed by atoms with Gasteiger partial charge in [0.1, 0.15) is 0 Å². The van der Waals surface area contributed by atoms with Crippen LogP contribution >= 0.6 is 0 Å². The molecule has 0 heterocycles. The molecule has 0 saturated heterocycles. The van der Waals surface area contributed by atoms with Crippen molar-refractivity contribution in [2.75, 3.05) is 26.9 Å². The first kappa shape index (κ1) is 16.6. The van der Waals surface area contributed by atoms with Gasteiger partial charge in [0, 0.05) is 12.2 Å². The lowest BCUT2D eigenvalue weighted by molar-refractivity contribution is 0.132. The van der Waals surface area contributed by atoms with E-state index in [-0.39, 0.29) is 0 Å². The summed E-state index contributed by atoms with van der Waals surface area (Å²) >= 11 is 0. The molecule has 0 fully saturated rings. The fraction of sp³-hybridized carbons (Fsp3) is 0.625. The average Bonchev–Trinajstić information content (AvgIpc) is 2.46. The van der Waals surface area contributed by atoms with Gasteiger partial charge in [0.15, 0.2) is 11.5 Å². The molecule has 0 amide bonds. The van der Waals surface area contributed by atoms with Crippen LogP contribution in [-0.2, 0) is 17.8 Å². The molecule has 1 rings (SSSR count). The molecular formula is C16H26O4. The van der Waals surface area contributed by atoms with Crippen molar-refractivity contribution >= 4 is 0 Å². The zero-order valence-electron chi connectivity index (χ0n) is 13.2. The summed E-state index contributed by atoms with van der Waals surface area (Å²) in [5, 5.41) is 0. The van der Waals surface area contributed by atoms with E-state index in [0.29, 0.717) is 32.2 Å². The number of hydrogen-bond donors (Lipinski definition) is 0. The Hall–Kier alpha value is -1.42. The summed E-state index contributed by atoms with van der Waals surface area (Å²) in [5.74, 6) is 2.17. The number of hydrogen-bond acceptors (Lipinski definition) is 4. The number of ether oxygens (including phenoxy) is 4. The van der Waals surface area contributed by atoms with Crippen molar-refractivity contribution in [2.24, 2.45) is 0 Å². The van der Waals surface area contributed by atoms with Crippen molar-refractivity contribution in [3.05, 3.63) is 17.2 Å². The molecule has 0 aliphatic carbocycles. The molecule has 20 heavy (non-hydrogen) atoms. The zero-order valence-corrected chi connectivity index (χ0v) is 13.2. The molecule has 0 N–H and O–H groups in total. The second kappa shape index (κ2) is 8.69. The Labute approximate surface area is 122 Å². The largest absolute Gasteiger partial charge is 0.492 e. The summed E-state index contributed by atoms with van der Waals surface area (Å²) in [6, 6.07) is 2.01. The second-order valence-electron chi connectivity index (χ2n) is 4.23. The van der Waals surface area contributed by atoms with E-state index in [9.17, 15) is 0 Å². The standard InChI is InChI=1S/C16H26O4/c1-6-13-12(11-18-7-2)10-14(19-8-3)16(20-9-4)15(13)17-5/h10H,6-9,11H2,1-5H3. The summed E-state index contributed by atoms with van der Waals surface area (Å²) < 4.78 is 22.5. The molecule has 0 radical (unpaired) electrons. The van der Waals surface area contributed by atoms with Crippen LogP contribution in [-0.4, -0.2) is 26.9 Å². The van der Waals surface area contributed by atoms with E-state index in [4.69, 9.17) is 18.9 Å². The molecular weight excluding hydrogens is 256 g/mol. The van der Waals surface area contributed by atoms with Gasteiger partial charge in [0.2, 0.25) is 5.75 Å². The summed E-state index contributed by atoms with van der Waals surface area (Å²) in [5.41, 5.74) is 2.21. The van der Waals surface area contributed by atoms with Crippen LogP contribution in [0, 0.1) is 0 Å². The van der Waals surface area contributed by atoms with Crippen LogP contribution in [0.4, 0.5) is 0 Å². The Morgan fingerprint density at radius 1 is 0.900 bits per heavy atom. The van der Waals surface area contributed by atoms with Gasteiger partial charge in [-0.3, -0.25) is 0 Å². The fourth-order valence-electron chi connectivity index (χ4n) is 2.19. The van der Waals surface area contributed by atoms with Crippen molar-refractivity contribution < 1.29 is 18.9 Å². The third kappa shape index (κ3) is 3.79. The quantitative estimate of drug-likeness (QED) is 0.693. The van der Waals surface area contributed by atoms with Gasteiger partial charge in [-0.1, -0.05) is 6.92 Å². The number of rotatable bonds is 9. The fourth-order valence-corrected chi connectivity index (χ4v) is 2.19. The maximum Gasteiger partial charge on any atom is 0.203 e. The molecule has 0 aliphatic rings. The van der Waals surface area contributed by atoms with Gasteiger partial charge in [-0.2, -0.15) is 0 Å². The smallest absolute Gasteiger partial charge is 0.203 e. The average molecular weight is 282 g/mol. The highest BCUT2D eigenvalue weighted by Gasteiger charge is 2.20. The van der Waals surface area contributed by atoms with Crippen molar-refractivity contribution in [3.8, 4) is 17.2 Å². The van der Waals surface area contributed by atoms with Gasteiger partial charge in [0.25, 0.3) is 0 Å². The number of methoxy groups -OCH3 is 1. The molecule has 4 heteroatoms. The molecule has 4 nitrogen and oxygen atoms in total. The van der Waals surface area contributed by atoms with E-state index in [1.54, 1.807) is 7.11 Å². The van der Waals surface area contributed by atoms with Crippen molar-refractivity contribution in [2.45, 2.75) is 40.7 Å². The van der Waals surface area contributed by atoms with Gasteiger partial charge in [-0.25, -0.2) is 0 Å². The maximum atomic E-state index is 5.72. The van der Waals surface area contributed by atoms with Gasteiger partial charge in [0.05, 0.1) is 26.9 Å². The van der Waals surface area contributed by atoms with Crippen LogP contribution in [0.3, 0.4) is 0 Å². The lowest BCUT2D eigenvalue weighted by Crippen LogP contribution is -2.06. The SMILES string of the molecule is CCOCc1cc(OCC)c(OCC)c(OC)c1CC. The topological polar surface area (TPSA) is 36.9 Å². The van der Waals surface area contributed by atoms with Gasteiger partial charge in [-0.05, 0) is 38.8 Å². The molecule has 1 aromatic carbocycles. The van der Waals surface area contributed by atoms with Crippen molar-refractivity contribution in [1.82, 2.24) is 0 Å². The van der Waals surface area contributed by atoms with Crippen LogP contribution in [0.1, 0.15) is 38.8 Å². The molecule has 0 spiro atoms. The minimum Gasteiger partial charge on any atom is -0.492 e.